The van der Waals surface area contributed by atoms with Crippen molar-refractivity contribution in [1.82, 2.24) is 0 Å². The minimum Gasteiger partial charge on any atom is -0.478 e. The number of halogens is 1. The Balaban J connectivity index is -0.000000110. The average molecular weight is 354 g/mol. The van der Waals surface area contributed by atoms with Gasteiger partial charge in [-0.3, -0.25) is 4.79 Å². The van der Waals surface area contributed by atoms with E-state index in [1.165, 1.54) is 12.5 Å². The molecule has 0 atom stereocenters. The molecule has 0 radical (unpaired) electrons. The first-order chi connectivity index (χ1) is 10.6. The van der Waals surface area contributed by atoms with Crippen LogP contribution in [0.25, 0.3) is 0 Å². The third-order valence-electron chi connectivity index (χ3n) is 0.904. The molecule has 132 valence electrons. The summed E-state index contributed by atoms with van der Waals surface area (Å²) >= 11 is 4.76. The van der Waals surface area contributed by atoms with Gasteiger partial charge in [0.05, 0.1) is 12.9 Å². The Morgan fingerprint density at radius 2 is 1.48 bits per heavy atom. The lowest BCUT2D eigenvalue weighted by molar-refractivity contribution is -0.135. The van der Waals surface area contributed by atoms with Crippen LogP contribution in [0.2, 0.25) is 0 Å². The van der Waals surface area contributed by atoms with E-state index >= 15 is 0 Å². The monoisotopic (exact) mass is 353 g/mol. The highest BCUT2D eigenvalue weighted by atomic mass is 35.5. The van der Waals surface area contributed by atoms with Gasteiger partial charge in [0.25, 0.3) is 0 Å². The first-order valence-electron chi connectivity index (χ1n) is 5.64. The minimum absolute atomic E-state index is 0.329. The van der Waals surface area contributed by atoms with Crippen LogP contribution in [0, 0.1) is 0 Å². The fraction of sp³-hybridized carbons (Fsp3) is 0.231. The van der Waals surface area contributed by atoms with Crippen LogP contribution in [-0.4, -0.2) is 40.8 Å². The first kappa shape index (κ1) is 28.4. The van der Waals surface area contributed by atoms with E-state index in [9.17, 15) is 19.2 Å². The van der Waals surface area contributed by atoms with Crippen LogP contribution < -0.4 is 5.73 Å². The molecule has 0 spiro atoms. The van der Waals surface area contributed by atoms with E-state index in [1.807, 2.05) is 0 Å². The Hall–Kier alpha value is -2.81. The molecule has 0 saturated heterocycles. The van der Waals surface area contributed by atoms with Gasteiger partial charge < -0.3 is 25.4 Å². The largest absolute Gasteiger partial charge is 0.478 e. The molecule has 0 saturated carbocycles. The third-order valence-corrected chi connectivity index (χ3v) is 0.904. The van der Waals surface area contributed by atoms with E-state index < -0.39 is 18.0 Å². The number of ether oxygens (including phenoxy) is 2. The van der Waals surface area contributed by atoms with Crippen molar-refractivity contribution in [2.75, 3.05) is 6.61 Å². The van der Waals surface area contributed by atoms with Crippen molar-refractivity contribution in [2.24, 2.45) is 5.73 Å². The maximum Gasteiger partial charge on any atom is 0.404 e. The zero-order valence-electron chi connectivity index (χ0n) is 12.7. The molecule has 10 heteroatoms. The Kier molecular flexibility index (Phi) is 29.9. The van der Waals surface area contributed by atoms with Crippen LogP contribution in [0.15, 0.2) is 37.1 Å². The molecule has 0 rings (SSSR count). The lowest BCUT2D eigenvalue weighted by atomic mass is 10.5. The molecular weight excluding hydrogens is 334 g/mol. The number of carboxylic acid groups (broad SMARTS) is 2. The lowest BCUT2D eigenvalue weighted by Crippen LogP contribution is -2.11. The Bertz CT molecular complexity index is 391. The van der Waals surface area contributed by atoms with Crippen LogP contribution in [0.5, 0.6) is 0 Å². The predicted molar refractivity (Wildman–Crippen MR) is 83.6 cm³/mol. The van der Waals surface area contributed by atoms with Crippen LogP contribution in [0.3, 0.4) is 0 Å². The van der Waals surface area contributed by atoms with E-state index in [2.05, 4.69) is 28.4 Å². The number of hydrogen-bond acceptors (Lipinski definition) is 6. The van der Waals surface area contributed by atoms with Gasteiger partial charge in [-0.05, 0) is 12.5 Å². The molecule has 9 nitrogen and oxygen atoms in total. The normalized spacial score (nSPS) is 7.61. The predicted octanol–water partition coefficient (Wildman–Crippen LogP) is 1.88. The summed E-state index contributed by atoms with van der Waals surface area (Å²) in [4.78, 5) is 38.5. The van der Waals surface area contributed by atoms with E-state index in [1.54, 1.807) is 6.92 Å². The van der Waals surface area contributed by atoms with Crippen molar-refractivity contribution in [2.45, 2.75) is 13.8 Å². The van der Waals surface area contributed by atoms with Gasteiger partial charge in [0.2, 0.25) is 0 Å². The van der Waals surface area contributed by atoms with Gasteiger partial charge in [-0.1, -0.05) is 24.8 Å². The highest BCUT2D eigenvalue weighted by molar-refractivity contribution is 6.25. The Morgan fingerprint density at radius 1 is 1.13 bits per heavy atom. The van der Waals surface area contributed by atoms with Crippen molar-refractivity contribution >= 4 is 35.6 Å². The standard InChI is InChI=1S/C4H4O4.C4H6O2.C3H7NO2.C2H3Cl/c5-3(6)1-2-4(7)8;1-3-6-4(2)5;1-2-6-3(4)5;1-2-3/h1-2H,(H,5,6)(H,7,8);3H,1H2,2H3;2H2,1H3,(H2,4,5);2H,1H2. The molecule has 0 aliphatic rings. The topological polar surface area (TPSA) is 153 Å². The second kappa shape index (κ2) is 24.2. The van der Waals surface area contributed by atoms with Crippen molar-refractivity contribution < 1.29 is 38.9 Å². The Labute approximate surface area is 138 Å². The maximum absolute atomic E-state index is 9.75. The fourth-order valence-electron chi connectivity index (χ4n) is 0.402. The molecule has 0 heterocycles. The number of carbonyl (C=O) groups excluding carboxylic acids is 2. The summed E-state index contributed by atoms with van der Waals surface area (Å²) in [6, 6.07) is 0. The highest BCUT2D eigenvalue weighted by Crippen LogP contribution is 1.71. The van der Waals surface area contributed by atoms with Crippen LogP contribution in [-0.2, 0) is 23.9 Å². The fourth-order valence-corrected chi connectivity index (χ4v) is 0.402. The summed E-state index contributed by atoms with van der Waals surface area (Å²) < 4.78 is 8.35. The number of carboxylic acids is 2. The molecule has 0 bridgehead atoms. The number of hydrogen-bond donors (Lipinski definition) is 3. The number of nitrogens with two attached hydrogens (primary N) is 1. The number of primary amides is 1. The average Bonchev–Trinajstić information content (AvgIpc) is 2.38. The molecule has 4 N–H and O–H groups in total. The van der Waals surface area contributed by atoms with Gasteiger partial charge in [-0.2, -0.15) is 0 Å². The zero-order chi connectivity index (χ0) is 19.3. The summed E-state index contributed by atoms with van der Waals surface area (Å²) in [5.74, 6) is -2.84. The number of carbonyl (C=O) groups is 4. The summed E-state index contributed by atoms with van der Waals surface area (Å²) in [5.41, 5.74) is 5.76. The molecule has 0 aliphatic carbocycles. The van der Waals surface area contributed by atoms with Gasteiger partial charge in [0.1, 0.15) is 0 Å². The molecule has 0 aliphatic heterocycles. The number of amides is 1. The molecule has 0 aromatic carbocycles. The van der Waals surface area contributed by atoms with Gasteiger partial charge in [0.15, 0.2) is 0 Å². The number of rotatable bonds is 4. The van der Waals surface area contributed by atoms with Crippen LogP contribution in [0.1, 0.15) is 13.8 Å². The lowest BCUT2D eigenvalue weighted by Gasteiger charge is -1.89. The zero-order valence-corrected chi connectivity index (χ0v) is 13.5. The smallest absolute Gasteiger partial charge is 0.404 e. The summed E-state index contributed by atoms with van der Waals surface area (Å²) in [6.45, 7) is 9.66. The van der Waals surface area contributed by atoms with Crippen LogP contribution in [0.4, 0.5) is 4.79 Å². The van der Waals surface area contributed by atoms with Gasteiger partial charge in [0, 0.05) is 19.1 Å². The number of esters is 1. The minimum atomic E-state index is -1.26. The summed E-state index contributed by atoms with van der Waals surface area (Å²) in [5, 5.41) is 15.6. The second-order valence-corrected chi connectivity index (χ2v) is 3.00. The quantitative estimate of drug-likeness (QED) is 0.393. The first-order valence-corrected chi connectivity index (χ1v) is 6.07. The van der Waals surface area contributed by atoms with Gasteiger partial charge in [-0.15, -0.1) is 0 Å². The molecule has 0 fully saturated rings. The molecular formula is C13H20ClNO8. The third kappa shape index (κ3) is 84.5. The van der Waals surface area contributed by atoms with Crippen molar-refractivity contribution in [3.8, 4) is 0 Å². The summed E-state index contributed by atoms with van der Waals surface area (Å²) in [7, 11) is 0. The van der Waals surface area contributed by atoms with Gasteiger partial charge >= 0.3 is 24.0 Å². The SMILES string of the molecule is C=CCl.C=COC(C)=O.CCOC(N)=O.O=C(O)C=CC(=O)O. The number of aliphatic carboxylic acids is 2. The molecule has 0 unspecified atom stereocenters. The molecule has 0 aromatic rings. The van der Waals surface area contributed by atoms with Crippen LogP contribution >= 0.6 is 11.6 Å². The second-order valence-electron chi connectivity index (χ2n) is 2.69. The van der Waals surface area contributed by atoms with E-state index in [0.717, 1.165) is 6.26 Å². The summed E-state index contributed by atoms with van der Waals surface area (Å²) in [6.07, 6.45) is 1.50. The highest BCUT2D eigenvalue weighted by Gasteiger charge is 1.88. The molecule has 23 heavy (non-hydrogen) atoms. The van der Waals surface area contributed by atoms with Gasteiger partial charge in [-0.25, -0.2) is 14.4 Å². The van der Waals surface area contributed by atoms with Crippen molar-refractivity contribution in [3.63, 3.8) is 0 Å². The maximum atomic E-state index is 9.75. The van der Waals surface area contributed by atoms with E-state index in [-0.39, 0.29) is 5.97 Å². The molecule has 0 aromatic heterocycles. The Morgan fingerprint density at radius 3 is 1.52 bits per heavy atom. The molecule has 1 amide bonds. The van der Waals surface area contributed by atoms with E-state index in [0.29, 0.717) is 18.8 Å². The van der Waals surface area contributed by atoms with Crippen molar-refractivity contribution in [3.05, 3.63) is 37.1 Å². The van der Waals surface area contributed by atoms with E-state index in [4.69, 9.17) is 21.8 Å². The van der Waals surface area contributed by atoms with Crippen molar-refractivity contribution in [1.29, 1.82) is 0 Å².